The number of pyridine rings is 1. The van der Waals surface area contributed by atoms with Crippen molar-refractivity contribution in [2.24, 2.45) is 5.92 Å². The molecule has 0 atom stereocenters. The Morgan fingerprint density at radius 1 is 1.26 bits per heavy atom. The Balaban J connectivity index is 1.66. The van der Waals surface area contributed by atoms with Gasteiger partial charge in [0.2, 0.25) is 5.91 Å². The average molecular weight is 383 g/mol. The fourth-order valence-electron chi connectivity index (χ4n) is 3.17. The standard InChI is InChI=1S/C20H19ClN4O2/c1-13(26)15-2-3-16(11-22)18(10-15)25-8-6-14(7-9-25)20(27)24-19-5-4-17(21)12-23-19/h2-5,10,12,14H,6-9H2,1H3,(H,23,24,27). The molecule has 2 aromatic rings. The lowest BCUT2D eigenvalue weighted by molar-refractivity contribution is -0.120. The molecule has 1 N–H and O–H groups in total. The molecule has 3 rings (SSSR count). The number of piperidine rings is 1. The SMILES string of the molecule is CC(=O)c1ccc(C#N)c(N2CCC(C(=O)Nc3ccc(Cl)cn3)CC2)c1. The van der Waals surface area contributed by atoms with E-state index < -0.39 is 0 Å². The number of Topliss-reactive ketones (excluding diaryl/α,β-unsaturated/α-hetero) is 1. The number of nitriles is 1. The van der Waals surface area contributed by atoms with E-state index in [2.05, 4.69) is 21.3 Å². The van der Waals surface area contributed by atoms with Crippen LogP contribution in [0.15, 0.2) is 36.5 Å². The molecule has 1 fully saturated rings. The molecule has 1 aliphatic heterocycles. The summed E-state index contributed by atoms with van der Waals surface area (Å²) >= 11 is 5.80. The van der Waals surface area contributed by atoms with Gasteiger partial charge in [0.15, 0.2) is 5.78 Å². The average Bonchev–Trinajstić information content (AvgIpc) is 2.69. The van der Waals surface area contributed by atoms with Gasteiger partial charge in [0, 0.05) is 30.8 Å². The van der Waals surface area contributed by atoms with E-state index in [9.17, 15) is 14.9 Å². The molecule has 1 aliphatic rings. The van der Waals surface area contributed by atoms with Crippen LogP contribution in [0.25, 0.3) is 0 Å². The molecule has 2 heterocycles. The topological polar surface area (TPSA) is 86.1 Å². The molecule has 0 bridgehead atoms. The smallest absolute Gasteiger partial charge is 0.228 e. The van der Waals surface area contributed by atoms with Gasteiger partial charge in [0.1, 0.15) is 11.9 Å². The zero-order valence-corrected chi connectivity index (χ0v) is 15.7. The Bertz CT molecular complexity index is 897. The summed E-state index contributed by atoms with van der Waals surface area (Å²) in [4.78, 5) is 30.3. The number of ketones is 1. The number of hydrogen-bond acceptors (Lipinski definition) is 5. The molecule has 1 saturated heterocycles. The van der Waals surface area contributed by atoms with Crippen molar-refractivity contribution in [1.29, 1.82) is 5.26 Å². The second kappa shape index (κ2) is 8.19. The van der Waals surface area contributed by atoms with Crippen molar-refractivity contribution in [2.45, 2.75) is 19.8 Å². The van der Waals surface area contributed by atoms with Crippen molar-refractivity contribution in [3.05, 3.63) is 52.7 Å². The number of anilines is 2. The monoisotopic (exact) mass is 382 g/mol. The third kappa shape index (κ3) is 4.44. The third-order valence-electron chi connectivity index (χ3n) is 4.71. The van der Waals surface area contributed by atoms with Crippen molar-refractivity contribution in [2.75, 3.05) is 23.3 Å². The molecule has 138 valence electrons. The fraction of sp³-hybridized carbons (Fsp3) is 0.300. The number of hydrogen-bond donors (Lipinski definition) is 1. The van der Waals surface area contributed by atoms with Crippen LogP contribution in [0.2, 0.25) is 5.02 Å². The van der Waals surface area contributed by atoms with Crippen molar-refractivity contribution >= 4 is 34.8 Å². The molecule has 1 aromatic heterocycles. The van der Waals surface area contributed by atoms with E-state index in [1.807, 2.05) is 0 Å². The second-order valence-electron chi connectivity index (χ2n) is 6.51. The van der Waals surface area contributed by atoms with Crippen LogP contribution in [0.1, 0.15) is 35.7 Å². The van der Waals surface area contributed by atoms with E-state index in [0.29, 0.717) is 47.9 Å². The first-order valence-electron chi connectivity index (χ1n) is 8.70. The minimum absolute atomic E-state index is 0.0366. The molecule has 0 unspecified atom stereocenters. The largest absolute Gasteiger partial charge is 0.370 e. The minimum atomic E-state index is -0.125. The highest BCUT2D eigenvalue weighted by Gasteiger charge is 2.26. The predicted molar refractivity (Wildman–Crippen MR) is 104 cm³/mol. The summed E-state index contributed by atoms with van der Waals surface area (Å²) in [6, 6.07) is 10.6. The zero-order valence-electron chi connectivity index (χ0n) is 14.9. The number of amides is 1. The number of nitrogens with one attached hydrogen (secondary N) is 1. The Morgan fingerprint density at radius 3 is 2.59 bits per heavy atom. The van der Waals surface area contributed by atoms with Crippen LogP contribution in [0, 0.1) is 17.2 Å². The van der Waals surface area contributed by atoms with Gasteiger partial charge >= 0.3 is 0 Å². The van der Waals surface area contributed by atoms with E-state index in [0.717, 1.165) is 5.69 Å². The normalized spacial score (nSPS) is 14.5. The quantitative estimate of drug-likeness (QED) is 0.815. The van der Waals surface area contributed by atoms with Gasteiger partial charge in [0.05, 0.1) is 16.3 Å². The van der Waals surface area contributed by atoms with Gasteiger partial charge in [-0.3, -0.25) is 9.59 Å². The maximum absolute atomic E-state index is 12.5. The van der Waals surface area contributed by atoms with Crippen molar-refractivity contribution in [3.8, 4) is 6.07 Å². The highest BCUT2D eigenvalue weighted by Crippen LogP contribution is 2.28. The van der Waals surface area contributed by atoms with Gasteiger partial charge in [-0.05, 0) is 50.1 Å². The van der Waals surface area contributed by atoms with Crippen LogP contribution in [-0.4, -0.2) is 29.8 Å². The number of rotatable bonds is 4. The van der Waals surface area contributed by atoms with Crippen molar-refractivity contribution in [1.82, 2.24) is 4.98 Å². The van der Waals surface area contributed by atoms with E-state index in [-0.39, 0.29) is 17.6 Å². The number of halogens is 1. The Morgan fingerprint density at radius 2 is 2.00 bits per heavy atom. The minimum Gasteiger partial charge on any atom is -0.370 e. The van der Waals surface area contributed by atoms with E-state index in [1.54, 1.807) is 30.3 Å². The molecule has 0 aliphatic carbocycles. The number of carbonyl (C=O) groups excluding carboxylic acids is 2. The summed E-state index contributed by atoms with van der Waals surface area (Å²) in [6.07, 6.45) is 2.81. The highest BCUT2D eigenvalue weighted by molar-refractivity contribution is 6.30. The lowest BCUT2D eigenvalue weighted by atomic mass is 9.94. The zero-order chi connectivity index (χ0) is 19.4. The van der Waals surface area contributed by atoms with E-state index >= 15 is 0 Å². The van der Waals surface area contributed by atoms with Crippen LogP contribution in [0.4, 0.5) is 11.5 Å². The predicted octanol–water partition coefficient (Wildman–Crippen LogP) is 3.66. The number of benzene rings is 1. The number of aromatic nitrogens is 1. The highest BCUT2D eigenvalue weighted by atomic mass is 35.5. The van der Waals surface area contributed by atoms with Crippen LogP contribution < -0.4 is 10.2 Å². The molecule has 0 radical (unpaired) electrons. The molecule has 0 spiro atoms. The molecular formula is C20H19ClN4O2. The van der Waals surface area contributed by atoms with Crippen LogP contribution >= 0.6 is 11.6 Å². The number of carbonyl (C=O) groups is 2. The first-order valence-corrected chi connectivity index (χ1v) is 9.08. The summed E-state index contributed by atoms with van der Waals surface area (Å²) < 4.78 is 0. The van der Waals surface area contributed by atoms with Crippen molar-refractivity contribution < 1.29 is 9.59 Å². The molecule has 1 amide bonds. The molecule has 27 heavy (non-hydrogen) atoms. The first kappa shape index (κ1) is 18.9. The van der Waals surface area contributed by atoms with E-state index in [4.69, 9.17) is 11.6 Å². The first-order chi connectivity index (χ1) is 13.0. The summed E-state index contributed by atoms with van der Waals surface area (Å²) in [6.45, 7) is 2.79. The third-order valence-corrected chi connectivity index (χ3v) is 4.93. The van der Waals surface area contributed by atoms with Gasteiger partial charge in [0.25, 0.3) is 0 Å². The van der Waals surface area contributed by atoms with Gasteiger partial charge in [-0.1, -0.05) is 11.6 Å². The molecule has 1 aromatic carbocycles. The van der Waals surface area contributed by atoms with Gasteiger partial charge in [-0.2, -0.15) is 5.26 Å². The Kier molecular flexibility index (Phi) is 5.72. The summed E-state index contributed by atoms with van der Waals surface area (Å²) in [5, 5.41) is 12.7. The Hall–Kier alpha value is -2.91. The van der Waals surface area contributed by atoms with Crippen molar-refractivity contribution in [3.63, 3.8) is 0 Å². The van der Waals surface area contributed by atoms with Gasteiger partial charge < -0.3 is 10.2 Å². The lowest BCUT2D eigenvalue weighted by Gasteiger charge is -2.33. The van der Waals surface area contributed by atoms with Gasteiger partial charge in [-0.15, -0.1) is 0 Å². The lowest BCUT2D eigenvalue weighted by Crippen LogP contribution is -2.38. The maximum Gasteiger partial charge on any atom is 0.228 e. The summed E-state index contributed by atoms with van der Waals surface area (Å²) in [5.41, 5.74) is 1.87. The van der Waals surface area contributed by atoms with Crippen LogP contribution in [0.5, 0.6) is 0 Å². The molecule has 7 heteroatoms. The fourth-order valence-corrected chi connectivity index (χ4v) is 3.28. The number of nitrogens with zero attached hydrogens (tertiary/aromatic N) is 3. The van der Waals surface area contributed by atoms with Gasteiger partial charge in [-0.25, -0.2) is 4.98 Å². The molecular weight excluding hydrogens is 364 g/mol. The summed E-state index contributed by atoms with van der Waals surface area (Å²) in [5.74, 6) is 0.251. The molecule has 0 saturated carbocycles. The maximum atomic E-state index is 12.5. The van der Waals surface area contributed by atoms with Crippen LogP contribution in [0.3, 0.4) is 0 Å². The summed E-state index contributed by atoms with van der Waals surface area (Å²) in [7, 11) is 0. The van der Waals surface area contributed by atoms with Crippen LogP contribution in [-0.2, 0) is 4.79 Å². The Labute approximate surface area is 162 Å². The van der Waals surface area contributed by atoms with E-state index in [1.165, 1.54) is 13.1 Å². The molecule has 6 nitrogen and oxygen atoms in total. The second-order valence-corrected chi connectivity index (χ2v) is 6.95.